The van der Waals surface area contributed by atoms with Crippen LogP contribution >= 0.6 is 11.3 Å². The molecule has 0 aliphatic carbocycles. The first-order valence-electron chi connectivity index (χ1n) is 8.43. The number of hydrogen-bond acceptors (Lipinski definition) is 3. The fourth-order valence-electron chi connectivity index (χ4n) is 2.96. The summed E-state index contributed by atoms with van der Waals surface area (Å²) in [6, 6.07) is 14.2. The Morgan fingerprint density at radius 1 is 1.25 bits per heavy atom. The van der Waals surface area contributed by atoms with Gasteiger partial charge in [-0.3, -0.25) is 4.79 Å². The lowest BCUT2D eigenvalue weighted by Gasteiger charge is -2.32. The van der Waals surface area contributed by atoms with Gasteiger partial charge in [0.15, 0.2) is 0 Å². The molecule has 0 N–H and O–H groups in total. The van der Waals surface area contributed by atoms with Crippen molar-refractivity contribution in [2.24, 2.45) is 5.92 Å². The van der Waals surface area contributed by atoms with Gasteiger partial charge in [-0.25, -0.2) is 0 Å². The zero-order valence-electron chi connectivity index (χ0n) is 13.8. The quantitative estimate of drug-likeness (QED) is 0.736. The number of piperidine rings is 1. The first kappa shape index (κ1) is 16.9. The molecule has 1 aliphatic rings. The highest BCUT2D eigenvalue weighted by Crippen LogP contribution is 2.18. The van der Waals surface area contributed by atoms with Crippen LogP contribution in [-0.4, -0.2) is 30.5 Å². The van der Waals surface area contributed by atoms with E-state index in [1.807, 2.05) is 46.7 Å². The van der Waals surface area contributed by atoms with Crippen LogP contribution in [0.15, 0.2) is 53.9 Å². The predicted octanol–water partition coefficient (Wildman–Crippen LogP) is 4.22. The van der Waals surface area contributed by atoms with Gasteiger partial charge in [0.05, 0.1) is 13.2 Å². The van der Waals surface area contributed by atoms with Crippen LogP contribution in [0.3, 0.4) is 0 Å². The fraction of sp³-hybridized carbons (Fsp3) is 0.350. The molecule has 126 valence electrons. The summed E-state index contributed by atoms with van der Waals surface area (Å²) < 4.78 is 5.85. The second-order valence-electron chi connectivity index (χ2n) is 6.14. The number of ether oxygens (including phenoxy) is 1. The molecular weight excluding hydrogens is 318 g/mol. The molecule has 0 spiro atoms. The van der Waals surface area contributed by atoms with Gasteiger partial charge in [0, 0.05) is 24.0 Å². The number of thiophene rings is 1. The molecule has 1 saturated heterocycles. The highest BCUT2D eigenvalue weighted by Gasteiger charge is 2.22. The molecule has 2 heterocycles. The summed E-state index contributed by atoms with van der Waals surface area (Å²) in [6.45, 7) is 3.00. The number of amides is 1. The van der Waals surface area contributed by atoms with Crippen molar-refractivity contribution < 1.29 is 9.53 Å². The Labute approximate surface area is 147 Å². The van der Waals surface area contributed by atoms with E-state index in [-0.39, 0.29) is 5.91 Å². The number of likely N-dealkylation sites (tertiary alicyclic amines) is 1. The molecule has 1 fully saturated rings. The van der Waals surface area contributed by atoms with E-state index < -0.39 is 0 Å². The third kappa shape index (κ3) is 5.05. The van der Waals surface area contributed by atoms with E-state index in [0.717, 1.165) is 30.8 Å². The van der Waals surface area contributed by atoms with Crippen molar-refractivity contribution in [2.45, 2.75) is 19.4 Å². The van der Waals surface area contributed by atoms with E-state index in [9.17, 15) is 4.79 Å². The molecule has 4 heteroatoms. The maximum absolute atomic E-state index is 12.3. The molecule has 3 rings (SSSR count). The van der Waals surface area contributed by atoms with E-state index in [2.05, 4.69) is 12.1 Å². The molecule has 0 unspecified atom stereocenters. The van der Waals surface area contributed by atoms with Gasteiger partial charge in [0.25, 0.3) is 0 Å². The Morgan fingerprint density at radius 3 is 2.92 bits per heavy atom. The molecule has 0 saturated carbocycles. The lowest BCUT2D eigenvalue weighted by molar-refractivity contribution is -0.128. The highest BCUT2D eigenvalue weighted by molar-refractivity contribution is 7.10. The monoisotopic (exact) mass is 341 g/mol. The number of benzene rings is 1. The first-order chi connectivity index (χ1) is 11.8. The van der Waals surface area contributed by atoms with E-state index in [0.29, 0.717) is 19.1 Å². The summed E-state index contributed by atoms with van der Waals surface area (Å²) in [5, 5.41) is 2.02. The van der Waals surface area contributed by atoms with Crippen LogP contribution in [0.1, 0.15) is 23.3 Å². The maximum Gasteiger partial charge on any atom is 0.246 e. The first-order valence-corrected chi connectivity index (χ1v) is 9.31. The number of carbonyl (C=O) groups excluding carboxylic acids is 1. The van der Waals surface area contributed by atoms with Crippen molar-refractivity contribution in [3.63, 3.8) is 0 Å². The average Bonchev–Trinajstić information content (AvgIpc) is 3.14. The molecule has 1 aromatic carbocycles. The molecule has 1 aliphatic heterocycles. The van der Waals surface area contributed by atoms with Crippen LogP contribution in [0.2, 0.25) is 0 Å². The lowest BCUT2D eigenvalue weighted by atomic mass is 9.99. The van der Waals surface area contributed by atoms with E-state index in [1.54, 1.807) is 17.4 Å². The summed E-state index contributed by atoms with van der Waals surface area (Å²) in [5.41, 5.74) is 1.19. The molecule has 1 amide bonds. The van der Waals surface area contributed by atoms with Crippen LogP contribution in [0, 0.1) is 5.92 Å². The Balaban J connectivity index is 1.44. The lowest BCUT2D eigenvalue weighted by Crippen LogP contribution is -2.40. The van der Waals surface area contributed by atoms with Crippen molar-refractivity contribution in [2.75, 3.05) is 19.7 Å². The second kappa shape index (κ2) is 8.81. The predicted molar refractivity (Wildman–Crippen MR) is 98.8 cm³/mol. The van der Waals surface area contributed by atoms with Gasteiger partial charge in [-0.05, 0) is 41.8 Å². The van der Waals surface area contributed by atoms with Crippen molar-refractivity contribution in [1.29, 1.82) is 0 Å². The Morgan fingerprint density at radius 2 is 2.12 bits per heavy atom. The van der Waals surface area contributed by atoms with Gasteiger partial charge in [0.1, 0.15) is 0 Å². The van der Waals surface area contributed by atoms with Gasteiger partial charge in [-0.1, -0.05) is 36.4 Å². The third-order valence-corrected chi connectivity index (χ3v) is 5.07. The zero-order valence-corrected chi connectivity index (χ0v) is 14.6. The van der Waals surface area contributed by atoms with Gasteiger partial charge in [-0.15, -0.1) is 11.3 Å². The minimum absolute atomic E-state index is 0.108. The molecule has 0 bridgehead atoms. The summed E-state index contributed by atoms with van der Waals surface area (Å²) in [6.07, 6.45) is 5.78. The number of rotatable bonds is 6. The number of nitrogens with zero attached hydrogens (tertiary/aromatic N) is 1. The molecule has 0 radical (unpaired) electrons. The van der Waals surface area contributed by atoms with Gasteiger partial charge >= 0.3 is 0 Å². The smallest absolute Gasteiger partial charge is 0.246 e. The van der Waals surface area contributed by atoms with Gasteiger partial charge in [0.2, 0.25) is 5.91 Å². The zero-order chi connectivity index (χ0) is 16.6. The molecule has 2 aromatic rings. The van der Waals surface area contributed by atoms with Gasteiger partial charge in [-0.2, -0.15) is 0 Å². The van der Waals surface area contributed by atoms with Crippen LogP contribution in [-0.2, 0) is 16.1 Å². The van der Waals surface area contributed by atoms with E-state index >= 15 is 0 Å². The summed E-state index contributed by atoms with van der Waals surface area (Å²) in [7, 11) is 0. The summed E-state index contributed by atoms with van der Waals surface area (Å²) in [5.74, 6) is 0.540. The van der Waals surface area contributed by atoms with Crippen LogP contribution in [0.4, 0.5) is 0 Å². The minimum Gasteiger partial charge on any atom is -0.376 e. The third-order valence-electron chi connectivity index (χ3n) is 4.23. The van der Waals surface area contributed by atoms with Crippen LogP contribution in [0.25, 0.3) is 6.08 Å². The van der Waals surface area contributed by atoms with Crippen LogP contribution in [0.5, 0.6) is 0 Å². The largest absolute Gasteiger partial charge is 0.376 e. The number of hydrogen-bond donors (Lipinski definition) is 0. The standard InChI is InChI=1S/C20H23NO2S/c22-20(11-10-19-9-5-13-24-19)21-12-4-8-18(14-21)16-23-15-17-6-2-1-3-7-17/h1-3,5-7,9-11,13,18H,4,8,12,14-16H2/b11-10+/t18-/m1/s1. The molecular formula is C20H23NO2S. The fourth-order valence-corrected chi connectivity index (χ4v) is 3.58. The molecule has 1 atom stereocenters. The Bertz CT molecular complexity index is 652. The molecule has 24 heavy (non-hydrogen) atoms. The maximum atomic E-state index is 12.3. The SMILES string of the molecule is O=C(/C=C/c1cccs1)N1CCC[C@@H](COCc2ccccc2)C1. The van der Waals surface area contributed by atoms with E-state index in [4.69, 9.17) is 4.74 Å². The second-order valence-corrected chi connectivity index (χ2v) is 7.12. The number of carbonyl (C=O) groups is 1. The average molecular weight is 341 g/mol. The van der Waals surface area contributed by atoms with Crippen molar-refractivity contribution in [3.8, 4) is 0 Å². The topological polar surface area (TPSA) is 29.5 Å². The normalized spacial score (nSPS) is 18.2. The Hall–Kier alpha value is -1.91. The molecule has 1 aromatic heterocycles. The highest BCUT2D eigenvalue weighted by atomic mass is 32.1. The van der Waals surface area contributed by atoms with Crippen molar-refractivity contribution in [3.05, 3.63) is 64.4 Å². The minimum atomic E-state index is 0.108. The Kier molecular flexibility index (Phi) is 6.21. The summed E-state index contributed by atoms with van der Waals surface area (Å²) >= 11 is 1.64. The summed E-state index contributed by atoms with van der Waals surface area (Å²) in [4.78, 5) is 15.4. The van der Waals surface area contributed by atoms with Crippen molar-refractivity contribution >= 4 is 23.3 Å². The van der Waals surface area contributed by atoms with Crippen molar-refractivity contribution in [1.82, 2.24) is 4.90 Å². The van der Waals surface area contributed by atoms with Crippen LogP contribution < -0.4 is 0 Å². The van der Waals surface area contributed by atoms with Gasteiger partial charge < -0.3 is 9.64 Å². The van der Waals surface area contributed by atoms with E-state index in [1.165, 1.54) is 5.56 Å². The molecule has 3 nitrogen and oxygen atoms in total.